The molecule has 3 atom stereocenters. The molecule has 25 heavy (non-hydrogen) atoms. The third-order valence-corrected chi connectivity index (χ3v) is 5.24. The largest absolute Gasteiger partial charge is 0.451 e. The van der Waals surface area contributed by atoms with Crippen LogP contribution in [0.3, 0.4) is 0 Å². The van der Waals surface area contributed by atoms with E-state index in [9.17, 15) is 4.79 Å². The highest BCUT2D eigenvalue weighted by Crippen LogP contribution is 2.26. The first-order valence-electron chi connectivity index (χ1n) is 8.90. The lowest BCUT2D eigenvalue weighted by Crippen LogP contribution is -2.46. The van der Waals surface area contributed by atoms with E-state index in [1.54, 1.807) is 6.07 Å². The number of morpholine rings is 1. The van der Waals surface area contributed by atoms with Crippen molar-refractivity contribution in [2.75, 3.05) is 26.3 Å². The van der Waals surface area contributed by atoms with Crippen molar-refractivity contribution in [2.24, 2.45) is 0 Å². The van der Waals surface area contributed by atoms with Crippen molar-refractivity contribution >= 4 is 16.9 Å². The number of furan rings is 1. The molecule has 2 aliphatic heterocycles. The van der Waals surface area contributed by atoms with E-state index in [-0.39, 0.29) is 24.7 Å². The smallest absolute Gasteiger partial charge is 0.287 e. The number of aryl methyl sites for hydroxylation is 1. The Morgan fingerprint density at radius 3 is 3.08 bits per heavy atom. The van der Waals surface area contributed by atoms with Crippen molar-refractivity contribution in [3.8, 4) is 0 Å². The summed E-state index contributed by atoms with van der Waals surface area (Å²) in [5.41, 5.74) is 1.80. The summed E-state index contributed by atoms with van der Waals surface area (Å²) in [5.74, 6) is 0.205. The van der Waals surface area contributed by atoms with Crippen LogP contribution >= 0.6 is 0 Å². The van der Waals surface area contributed by atoms with Crippen molar-refractivity contribution < 1.29 is 19.1 Å². The number of aliphatic hydroxyl groups is 1. The van der Waals surface area contributed by atoms with Crippen LogP contribution < -0.4 is 5.32 Å². The minimum atomic E-state index is -0.159. The maximum Gasteiger partial charge on any atom is 0.287 e. The van der Waals surface area contributed by atoms with Crippen molar-refractivity contribution in [3.05, 3.63) is 35.6 Å². The fourth-order valence-corrected chi connectivity index (χ4v) is 3.94. The second kappa shape index (κ2) is 6.78. The molecule has 2 saturated heterocycles. The fraction of sp³-hybridized carbons (Fsp3) is 0.526. The first-order valence-corrected chi connectivity index (χ1v) is 8.90. The van der Waals surface area contributed by atoms with Gasteiger partial charge in [0.1, 0.15) is 5.58 Å². The Kier molecular flexibility index (Phi) is 4.50. The van der Waals surface area contributed by atoms with Gasteiger partial charge in [-0.3, -0.25) is 9.69 Å². The maximum absolute atomic E-state index is 12.6. The molecule has 3 heterocycles. The number of amides is 1. The van der Waals surface area contributed by atoms with Gasteiger partial charge in [-0.25, -0.2) is 0 Å². The molecule has 0 unspecified atom stereocenters. The average Bonchev–Trinajstić information content (AvgIpc) is 3.19. The van der Waals surface area contributed by atoms with Crippen LogP contribution in [0.5, 0.6) is 0 Å². The molecule has 2 N–H and O–H groups in total. The van der Waals surface area contributed by atoms with Crippen molar-refractivity contribution in [3.63, 3.8) is 0 Å². The first kappa shape index (κ1) is 16.6. The molecule has 1 aromatic carbocycles. The second-order valence-corrected chi connectivity index (χ2v) is 7.09. The van der Waals surface area contributed by atoms with Gasteiger partial charge in [0.05, 0.1) is 12.7 Å². The van der Waals surface area contributed by atoms with Gasteiger partial charge < -0.3 is 19.6 Å². The highest BCUT2D eigenvalue weighted by Gasteiger charge is 2.38. The van der Waals surface area contributed by atoms with Crippen molar-refractivity contribution in [1.82, 2.24) is 10.2 Å². The lowest BCUT2D eigenvalue weighted by atomic mass is 10.1. The standard InChI is InChI=1S/C19H24N2O4/c1-12-3-2-4-13-7-17(25-18(12)13)19(23)20-14-8-15-11-24-16(5-6-22)10-21(15)9-14/h2-4,7,14-16,22H,5-6,8-11H2,1H3,(H,20,23)/t14-,15+,16+/m1/s1. The number of benzene rings is 1. The van der Waals surface area contributed by atoms with Gasteiger partial charge in [0.2, 0.25) is 0 Å². The monoisotopic (exact) mass is 344 g/mol. The Labute approximate surface area is 146 Å². The Morgan fingerprint density at radius 1 is 1.40 bits per heavy atom. The third-order valence-electron chi connectivity index (χ3n) is 5.24. The zero-order valence-corrected chi connectivity index (χ0v) is 14.4. The molecule has 1 aromatic heterocycles. The highest BCUT2D eigenvalue weighted by atomic mass is 16.5. The van der Waals surface area contributed by atoms with Crippen LogP contribution in [-0.2, 0) is 4.74 Å². The Hall–Kier alpha value is -1.89. The van der Waals surface area contributed by atoms with Gasteiger partial charge >= 0.3 is 0 Å². The minimum Gasteiger partial charge on any atom is -0.451 e. The number of fused-ring (bicyclic) bond motifs is 2. The number of carbonyl (C=O) groups excluding carboxylic acids is 1. The van der Waals surface area contributed by atoms with Gasteiger partial charge in [-0.15, -0.1) is 0 Å². The molecule has 1 amide bonds. The number of aliphatic hydroxyl groups excluding tert-OH is 1. The summed E-state index contributed by atoms with van der Waals surface area (Å²) < 4.78 is 11.6. The number of hydrogen-bond acceptors (Lipinski definition) is 5. The molecule has 2 aliphatic rings. The van der Waals surface area contributed by atoms with Gasteiger partial charge in [-0.2, -0.15) is 0 Å². The van der Waals surface area contributed by atoms with E-state index in [2.05, 4.69) is 10.2 Å². The van der Waals surface area contributed by atoms with Crippen LogP contribution in [0.25, 0.3) is 11.0 Å². The van der Waals surface area contributed by atoms with Crippen LogP contribution in [0.1, 0.15) is 29.0 Å². The molecule has 6 heteroatoms. The van der Waals surface area contributed by atoms with Crippen molar-refractivity contribution in [1.29, 1.82) is 0 Å². The quantitative estimate of drug-likeness (QED) is 0.883. The van der Waals surface area contributed by atoms with E-state index < -0.39 is 0 Å². The summed E-state index contributed by atoms with van der Waals surface area (Å²) in [6, 6.07) is 8.15. The number of para-hydroxylation sites is 1. The van der Waals surface area contributed by atoms with E-state index in [4.69, 9.17) is 14.3 Å². The minimum absolute atomic E-state index is 0.0917. The number of hydrogen-bond donors (Lipinski definition) is 2. The zero-order chi connectivity index (χ0) is 17.4. The Balaban J connectivity index is 1.40. The second-order valence-electron chi connectivity index (χ2n) is 7.09. The number of carbonyl (C=O) groups is 1. The number of rotatable bonds is 4. The molecule has 0 spiro atoms. The summed E-state index contributed by atoms with van der Waals surface area (Å²) >= 11 is 0. The zero-order valence-electron chi connectivity index (χ0n) is 14.4. The Bertz CT molecular complexity index is 772. The molecule has 2 aromatic rings. The van der Waals surface area contributed by atoms with Crippen LogP contribution in [-0.4, -0.2) is 60.4 Å². The van der Waals surface area contributed by atoms with Gasteiger partial charge in [-0.05, 0) is 31.4 Å². The van der Waals surface area contributed by atoms with Crippen LogP contribution in [0.2, 0.25) is 0 Å². The summed E-state index contributed by atoms with van der Waals surface area (Å²) in [7, 11) is 0. The van der Waals surface area contributed by atoms with Crippen LogP contribution in [0.4, 0.5) is 0 Å². The summed E-state index contributed by atoms with van der Waals surface area (Å²) in [5, 5.41) is 13.1. The van der Waals surface area contributed by atoms with Gasteiger partial charge in [0.15, 0.2) is 5.76 Å². The van der Waals surface area contributed by atoms with E-state index in [1.165, 1.54) is 0 Å². The molecule has 0 bridgehead atoms. The number of ether oxygens (including phenoxy) is 1. The van der Waals surface area contributed by atoms with E-state index in [0.717, 1.165) is 36.0 Å². The van der Waals surface area contributed by atoms with Gasteiger partial charge in [0.25, 0.3) is 5.91 Å². The lowest BCUT2D eigenvalue weighted by Gasteiger charge is -2.34. The molecular weight excluding hydrogens is 320 g/mol. The molecule has 2 fully saturated rings. The fourth-order valence-electron chi connectivity index (χ4n) is 3.94. The molecule has 0 aliphatic carbocycles. The molecule has 6 nitrogen and oxygen atoms in total. The lowest BCUT2D eigenvalue weighted by molar-refractivity contribution is -0.0566. The number of nitrogens with one attached hydrogen (secondary N) is 1. The Morgan fingerprint density at radius 2 is 2.28 bits per heavy atom. The third kappa shape index (κ3) is 3.29. The molecular formula is C19H24N2O4. The predicted molar refractivity (Wildman–Crippen MR) is 93.6 cm³/mol. The van der Waals surface area contributed by atoms with Crippen LogP contribution in [0.15, 0.2) is 28.7 Å². The van der Waals surface area contributed by atoms with E-state index >= 15 is 0 Å². The molecule has 4 rings (SSSR count). The van der Waals surface area contributed by atoms with E-state index in [1.807, 2.05) is 25.1 Å². The molecule has 134 valence electrons. The number of nitrogens with zero attached hydrogens (tertiary/aromatic N) is 1. The van der Waals surface area contributed by atoms with Crippen molar-refractivity contribution in [2.45, 2.75) is 38.0 Å². The summed E-state index contributed by atoms with van der Waals surface area (Å²) in [6.07, 6.45) is 1.64. The maximum atomic E-state index is 12.6. The topological polar surface area (TPSA) is 74.9 Å². The average molecular weight is 344 g/mol. The predicted octanol–water partition coefficient (Wildman–Crippen LogP) is 1.70. The van der Waals surface area contributed by atoms with Gasteiger partial charge in [0, 0.05) is 37.2 Å². The SMILES string of the molecule is Cc1cccc2cc(C(=O)N[C@@H]3C[C@H]4CO[C@@H](CCO)CN4C3)oc12. The normalized spacial score (nSPS) is 26.7. The molecule has 0 saturated carbocycles. The van der Waals surface area contributed by atoms with Crippen LogP contribution in [0, 0.1) is 6.92 Å². The summed E-state index contributed by atoms with van der Waals surface area (Å²) in [4.78, 5) is 14.9. The highest BCUT2D eigenvalue weighted by molar-refractivity contribution is 5.96. The molecule has 0 radical (unpaired) electrons. The van der Waals surface area contributed by atoms with E-state index in [0.29, 0.717) is 24.8 Å². The first-order chi connectivity index (χ1) is 12.1. The summed E-state index contributed by atoms with van der Waals surface area (Å²) in [6.45, 7) is 4.43. The van der Waals surface area contributed by atoms with Gasteiger partial charge in [-0.1, -0.05) is 18.2 Å².